The van der Waals surface area contributed by atoms with Crippen LogP contribution < -0.4 is 4.90 Å². The second-order valence-electron chi connectivity index (χ2n) is 5.48. The molecular formula is C16H17N3O3. The summed E-state index contributed by atoms with van der Waals surface area (Å²) in [5, 5.41) is 4.16. The van der Waals surface area contributed by atoms with Gasteiger partial charge in [-0.3, -0.25) is 9.69 Å². The Bertz CT molecular complexity index is 681. The maximum atomic E-state index is 12.4. The van der Waals surface area contributed by atoms with Crippen LogP contribution in [0.4, 0.5) is 10.6 Å². The Balaban J connectivity index is 1.78. The molecule has 1 aromatic heterocycles. The maximum absolute atomic E-state index is 12.4. The predicted octanol–water partition coefficient (Wildman–Crippen LogP) is 2.49. The van der Waals surface area contributed by atoms with Crippen molar-refractivity contribution in [3.05, 3.63) is 47.7 Å². The Kier molecular flexibility index (Phi) is 3.91. The molecule has 0 radical (unpaired) electrons. The highest BCUT2D eigenvalue weighted by Crippen LogP contribution is 2.27. The number of fused-ring (bicyclic) bond motifs is 1. The first kappa shape index (κ1) is 14.3. The monoisotopic (exact) mass is 299 g/mol. The van der Waals surface area contributed by atoms with Gasteiger partial charge in [-0.05, 0) is 11.5 Å². The molecule has 0 aliphatic carbocycles. The minimum Gasteiger partial charge on any atom is -0.444 e. The first-order valence-electron chi connectivity index (χ1n) is 7.18. The zero-order valence-electron chi connectivity index (χ0n) is 12.3. The first-order valence-corrected chi connectivity index (χ1v) is 7.18. The molecular weight excluding hydrogens is 282 g/mol. The van der Waals surface area contributed by atoms with Crippen LogP contribution in [0.3, 0.4) is 0 Å². The second kappa shape index (κ2) is 6.01. The first-order chi connectivity index (χ1) is 10.7. The van der Waals surface area contributed by atoms with Crippen LogP contribution in [0.1, 0.15) is 22.8 Å². The molecule has 3 rings (SSSR count). The summed E-state index contributed by atoms with van der Waals surface area (Å²) in [4.78, 5) is 25.0. The van der Waals surface area contributed by atoms with Gasteiger partial charge in [-0.1, -0.05) is 37.3 Å². The lowest BCUT2D eigenvalue weighted by Gasteiger charge is -2.31. The van der Waals surface area contributed by atoms with E-state index >= 15 is 0 Å². The molecule has 0 saturated carbocycles. The van der Waals surface area contributed by atoms with Crippen molar-refractivity contribution < 1.29 is 14.3 Å². The molecule has 0 fully saturated rings. The number of aromatic nitrogens is 2. The van der Waals surface area contributed by atoms with Crippen molar-refractivity contribution in [1.82, 2.24) is 9.78 Å². The molecule has 22 heavy (non-hydrogen) atoms. The normalized spacial score (nSPS) is 17.0. The van der Waals surface area contributed by atoms with Gasteiger partial charge < -0.3 is 4.74 Å². The minimum absolute atomic E-state index is 0.203. The number of benzene rings is 1. The number of hydrogen-bond acceptors (Lipinski definition) is 4. The third kappa shape index (κ3) is 2.72. The molecule has 0 spiro atoms. The Labute approximate surface area is 128 Å². The average molecular weight is 299 g/mol. The average Bonchev–Trinajstić information content (AvgIpc) is 2.95. The van der Waals surface area contributed by atoms with Crippen LogP contribution in [-0.4, -0.2) is 28.7 Å². The standard InChI is InChI=1S/C16H17N3O3/c1-12-8-18(15-14(10-20)7-17-19(15)9-12)16(21)22-11-13-5-3-2-4-6-13/h2-7,10,12H,8-9,11H2,1H3. The minimum atomic E-state index is -0.458. The van der Waals surface area contributed by atoms with Crippen LogP contribution in [-0.2, 0) is 17.9 Å². The molecule has 2 heterocycles. The fourth-order valence-electron chi connectivity index (χ4n) is 2.61. The van der Waals surface area contributed by atoms with Gasteiger partial charge in [0.1, 0.15) is 12.4 Å². The summed E-state index contributed by atoms with van der Waals surface area (Å²) in [7, 11) is 0. The van der Waals surface area contributed by atoms with E-state index in [0.717, 1.165) is 5.56 Å². The number of anilines is 1. The number of carbonyl (C=O) groups is 2. The fourth-order valence-corrected chi connectivity index (χ4v) is 2.61. The van der Waals surface area contributed by atoms with Crippen LogP contribution in [0.5, 0.6) is 0 Å². The number of aldehydes is 1. The number of amides is 1. The molecule has 1 aliphatic heterocycles. The van der Waals surface area contributed by atoms with E-state index < -0.39 is 6.09 Å². The molecule has 1 aliphatic rings. The number of rotatable bonds is 3. The summed E-state index contributed by atoms with van der Waals surface area (Å²) in [6.45, 7) is 3.43. The van der Waals surface area contributed by atoms with Crippen LogP contribution >= 0.6 is 0 Å². The molecule has 0 N–H and O–H groups in total. The smallest absolute Gasteiger partial charge is 0.415 e. The molecule has 114 valence electrons. The molecule has 2 aromatic rings. The molecule has 1 aromatic carbocycles. The van der Waals surface area contributed by atoms with Gasteiger partial charge in [-0.15, -0.1) is 0 Å². The molecule has 1 amide bonds. The lowest BCUT2D eigenvalue weighted by molar-refractivity contribution is 0.112. The Hall–Kier alpha value is -2.63. The lowest BCUT2D eigenvalue weighted by Crippen LogP contribution is -2.42. The van der Waals surface area contributed by atoms with E-state index in [1.807, 2.05) is 37.3 Å². The molecule has 6 heteroatoms. The van der Waals surface area contributed by atoms with Crippen molar-refractivity contribution in [2.24, 2.45) is 5.92 Å². The topological polar surface area (TPSA) is 64.4 Å². The number of ether oxygens (including phenoxy) is 1. The zero-order valence-corrected chi connectivity index (χ0v) is 12.3. The third-order valence-electron chi connectivity index (χ3n) is 3.63. The van der Waals surface area contributed by atoms with Crippen molar-refractivity contribution in [3.8, 4) is 0 Å². The van der Waals surface area contributed by atoms with E-state index in [0.29, 0.717) is 30.8 Å². The van der Waals surface area contributed by atoms with Crippen LogP contribution in [0.15, 0.2) is 36.5 Å². The summed E-state index contributed by atoms with van der Waals surface area (Å²) >= 11 is 0. The van der Waals surface area contributed by atoms with Crippen LogP contribution in [0.2, 0.25) is 0 Å². The van der Waals surface area contributed by atoms with Gasteiger partial charge in [-0.2, -0.15) is 5.10 Å². The summed E-state index contributed by atoms with van der Waals surface area (Å²) in [5.41, 5.74) is 1.33. The van der Waals surface area contributed by atoms with Crippen molar-refractivity contribution in [3.63, 3.8) is 0 Å². The number of hydrogen-bond donors (Lipinski definition) is 0. The van der Waals surface area contributed by atoms with Gasteiger partial charge in [0.2, 0.25) is 0 Å². The van der Waals surface area contributed by atoms with Gasteiger partial charge in [0.05, 0.1) is 11.8 Å². The van der Waals surface area contributed by atoms with Crippen molar-refractivity contribution in [2.45, 2.75) is 20.1 Å². The molecule has 1 unspecified atom stereocenters. The summed E-state index contributed by atoms with van der Waals surface area (Å²) < 4.78 is 7.05. The van der Waals surface area contributed by atoms with E-state index in [2.05, 4.69) is 5.10 Å². The van der Waals surface area contributed by atoms with Gasteiger partial charge in [0, 0.05) is 13.1 Å². The number of carbonyl (C=O) groups excluding carboxylic acids is 2. The summed E-state index contributed by atoms with van der Waals surface area (Å²) in [6, 6.07) is 9.49. The Morgan fingerprint density at radius 2 is 2.14 bits per heavy atom. The largest absolute Gasteiger partial charge is 0.444 e. The summed E-state index contributed by atoms with van der Waals surface area (Å²) in [5.74, 6) is 0.766. The van der Waals surface area contributed by atoms with Gasteiger partial charge in [-0.25, -0.2) is 9.48 Å². The summed E-state index contributed by atoms with van der Waals surface area (Å²) in [6.07, 6.45) is 1.74. The molecule has 0 bridgehead atoms. The van der Waals surface area contributed by atoms with Gasteiger partial charge >= 0.3 is 6.09 Å². The Morgan fingerprint density at radius 1 is 1.36 bits per heavy atom. The second-order valence-corrected chi connectivity index (χ2v) is 5.48. The van der Waals surface area contributed by atoms with E-state index in [9.17, 15) is 9.59 Å². The fraction of sp³-hybridized carbons (Fsp3) is 0.312. The van der Waals surface area contributed by atoms with E-state index in [4.69, 9.17) is 4.74 Å². The van der Waals surface area contributed by atoms with Crippen molar-refractivity contribution >= 4 is 18.2 Å². The maximum Gasteiger partial charge on any atom is 0.415 e. The van der Waals surface area contributed by atoms with Crippen molar-refractivity contribution in [2.75, 3.05) is 11.4 Å². The van der Waals surface area contributed by atoms with E-state index in [-0.39, 0.29) is 12.5 Å². The molecule has 0 saturated heterocycles. The quantitative estimate of drug-likeness (QED) is 0.817. The highest BCUT2D eigenvalue weighted by Gasteiger charge is 2.31. The van der Waals surface area contributed by atoms with E-state index in [1.54, 1.807) is 4.68 Å². The van der Waals surface area contributed by atoms with Gasteiger partial charge in [0.25, 0.3) is 0 Å². The predicted molar refractivity (Wildman–Crippen MR) is 80.8 cm³/mol. The molecule has 6 nitrogen and oxygen atoms in total. The van der Waals surface area contributed by atoms with Crippen LogP contribution in [0, 0.1) is 5.92 Å². The van der Waals surface area contributed by atoms with E-state index in [1.165, 1.54) is 11.1 Å². The van der Waals surface area contributed by atoms with Crippen molar-refractivity contribution in [1.29, 1.82) is 0 Å². The third-order valence-corrected chi connectivity index (χ3v) is 3.63. The molecule has 1 atom stereocenters. The SMILES string of the molecule is CC1CN(C(=O)OCc2ccccc2)c2c(C=O)cnn2C1. The zero-order chi connectivity index (χ0) is 15.5. The van der Waals surface area contributed by atoms with Crippen LogP contribution in [0.25, 0.3) is 0 Å². The lowest BCUT2D eigenvalue weighted by atomic mass is 10.1. The highest BCUT2D eigenvalue weighted by molar-refractivity contribution is 5.93. The number of nitrogens with zero attached hydrogens (tertiary/aromatic N) is 3. The highest BCUT2D eigenvalue weighted by atomic mass is 16.6. The Morgan fingerprint density at radius 3 is 2.86 bits per heavy atom. The van der Waals surface area contributed by atoms with Gasteiger partial charge in [0.15, 0.2) is 6.29 Å².